The number of benzene rings is 1. The molecule has 0 fully saturated rings. The van der Waals surface area contributed by atoms with Gasteiger partial charge in [-0.3, -0.25) is 4.79 Å². The first-order valence-corrected chi connectivity index (χ1v) is 6.89. The van der Waals surface area contributed by atoms with Crippen molar-refractivity contribution >= 4 is 17.7 Å². The summed E-state index contributed by atoms with van der Waals surface area (Å²) >= 11 is 1.42. The molecule has 1 atom stereocenters. The van der Waals surface area contributed by atoms with Gasteiger partial charge in [0.1, 0.15) is 6.04 Å². The van der Waals surface area contributed by atoms with Crippen LogP contribution in [0.3, 0.4) is 0 Å². The quantitative estimate of drug-likeness (QED) is 0.840. The third kappa shape index (κ3) is 3.84. The van der Waals surface area contributed by atoms with E-state index in [-0.39, 0.29) is 0 Å². The molecule has 0 saturated carbocycles. The largest absolute Gasteiger partial charge is 0.480 e. The van der Waals surface area contributed by atoms with E-state index in [2.05, 4.69) is 5.16 Å². The van der Waals surface area contributed by atoms with Crippen LogP contribution in [0, 0.1) is 0 Å². The molecule has 1 aromatic carbocycles. The van der Waals surface area contributed by atoms with Crippen molar-refractivity contribution in [2.24, 2.45) is 5.73 Å². The van der Waals surface area contributed by atoms with E-state index in [9.17, 15) is 4.79 Å². The molecule has 0 aliphatic rings. The summed E-state index contributed by atoms with van der Waals surface area (Å²) in [4.78, 5) is 10.6. The zero-order valence-electron chi connectivity index (χ0n) is 10.2. The molecule has 2 rings (SSSR count). The van der Waals surface area contributed by atoms with E-state index in [0.717, 1.165) is 11.3 Å². The van der Waals surface area contributed by atoms with Gasteiger partial charge < -0.3 is 15.4 Å². The van der Waals surface area contributed by atoms with Crippen LogP contribution in [-0.4, -0.2) is 28.0 Å². The van der Waals surface area contributed by atoms with Crippen LogP contribution in [0.5, 0.6) is 0 Å². The predicted molar refractivity (Wildman–Crippen MR) is 73.7 cm³/mol. The summed E-state index contributed by atoms with van der Waals surface area (Å²) in [6.45, 7) is 0. The minimum Gasteiger partial charge on any atom is -0.480 e. The van der Waals surface area contributed by atoms with E-state index < -0.39 is 12.0 Å². The van der Waals surface area contributed by atoms with E-state index in [0.29, 0.717) is 17.3 Å². The van der Waals surface area contributed by atoms with Crippen LogP contribution in [0.2, 0.25) is 0 Å². The average Bonchev–Trinajstić information content (AvgIpc) is 2.88. The first kappa shape index (κ1) is 13.6. The zero-order chi connectivity index (χ0) is 13.7. The molecule has 19 heavy (non-hydrogen) atoms. The van der Waals surface area contributed by atoms with Gasteiger partial charge in [-0.25, -0.2) is 0 Å². The molecule has 100 valence electrons. The number of rotatable bonds is 6. The van der Waals surface area contributed by atoms with Crippen molar-refractivity contribution in [3.8, 4) is 11.3 Å². The zero-order valence-corrected chi connectivity index (χ0v) is 11.0. The molecule has 0 saturated heterocycles. The topological polar surface area (TPSA) is 89.4 Å². The van der Waals surface area contributed by atoms with Gasteiger partial charge in [-0.1, -0.05) is 35.5 Å². The monoisotopic (exact) mass is 278 g/mol. The number of carbonyl (C=O) groups is 1. The minimum atomic E-state index is -0.988. The predicted octanol–water partition coefficient (Wildman–Crippen LogP) is 1.99. The van der Waals surface area contributed by atoms with Crippen LogP contribution >= 0.6 is 11.8 Å². The average molecular weight is 278 g/mol. The SMILES string of the molecule is N[C@H](CSCc1cc(-c2ccccc2)on1)C(=O)O. The van der Waals surface area contributed by atoms with E-state index in [4.69, 9.17) is 15.4 Å². The summed E-state index contributed by atoms with van der Waals surface area (Å²) in [6, 6.07) is 10.7. The third-order valence-corrected chi connectivity index (χ3v) is 3.58. The second kappa shape index (κ2) is 6.40. The smallest absolute Gasteiger partial charge is 0.321 e. The Bertz CT molecular complexity index is 542. The van der Waals surface area contributed by atoms with Gasteiger partial charge in [-0.2, -0.15) is 11.8 Å². The molecule has 1 heterocycles. The van der Waals surface area contributed by atoms with Gasteiger partial charge >= 0.3 is 5.97 Å². The van der Waals surface area contributed by atoms with Gasteiger partial charge in [0.15, 0.2) is 5.76 Å². The molecular formula is C13H14N2O3S. The minimum absolute atomic E-state index is 0.350. The van der Waals surface area contributed by atoms with Crippen LogP contribution in [0.25, 0.3) is 11.3 Å². The van der Waals surface area contributed by atoms with Gasteiger partial charge in [-0.05, 0) is 0 Å². The normalized spacial score (nSPS) is 12.3. The Kier molecular flexibility index (Phi) is 4.59. The number of nitrogens with two attached hydrogens (primary N) is 1. The number of hydrogen-bond acceptors (Lipinski definition) is 5. The van der Waals surface area contributed by atoms with Crippen LogP contribution in [-0.2, 0) is 10.5 Å². The number of aromatic nitrogens is 1. The van der Waals surface area contributed by atoms with E-state index in [1.807, 2.05) is 36.4 Å². The number of hydrogen-bond donors (Lipinski definition) is 2. The van der Waals surface area contributed by atoms with Gasteiger partial charge in [0, 0.05) is 23.1 Å². The molecule has 0 aliphatic heterocycles. The fourth-order valence-electron chi connectivity index (χ4n) is 1.48. The Labute approximate surface area is 114 Å². The molecule has 0 radical (unpaired) electrons. The molecule has 0 unspecified atom stereocenters. The maximum absolute atomic E-state index is 10.6. The van der Waals surface area contributed by atoms with Crippen molar-refractivity contribution in [3.05, 3.63) is 42.1 Å². The van der Waals surface area contributed by atoms with Crippen molar-refractivity contribution in [2.45, 2.75) is 11.8 Å². The summed E-state index contributed by atoms with van der Waals surface area (Å²) in [5.41, 5.74) is 7.16. The van der Waals surface area contributed by atoms with Gasteiger partial charge in [-0.15, -0.1) is 0 Å². The number of carboxylic acids is 1. The Morgan fingerprint density at radius 1 is 1.42 bits per heavy atom. The van der Waals surface area contributed by atoms with Crippen molar-refractivity contribution in [1.29, 1.82) is 0 Å². The molecule has 0 bridgehead atoms. The maximum atomic E-state index is 10.6. The lowest BCUT2D eigenvalue weighted by Crippen LogP contribution is -2.32. The van der Waals surface area contributed by atoms with Crippen molar-refractivity contribution in [3.63, 3.8) is 0 Å². The second-order valence-electron chi connectivity index (χ2n) is 4.01. The van der Waals surface area contributed by atoms with Gasteiger partial charge in [0.25, 0.3) is 0 Å². The molecule has 3 N–H and O–H groups in total. The van der Waals surface area contributed by atoms with Crippen LogP contribution in [0.15, 0.2) is 40.9 Å². The summed E-state index contributed by atoms with van der Waals surface area (Å²) < 4.78 is 5.24. The highest BCUT2D eigenvalue weighted by Crippen LogP contribution is 2.21. The molecule has 5 nitrogen and oxygen atoms in total. The standard InChI is InChI=1S/C13H14N2O3S/c14-11(13(16)17)8-19-7-10-6-12(18-15-10)9-4-2-1-3-5-9/h1-6,11H,7-8,14H2,(H,16,17)/t11-/m1/s1. The lowest BCUT2D eigenvalue weighted by Gasteiger charge is -2.03. The summed E-state index contributed by atoms with van der Waals surface area (Å²) in [7, 11) is 0. The fourth-order valence-corrected chi connectivity index (χ4v) is 2.34. The molecule has 2 aromatic rings. The summed E-state index contributed by atoms with van der Waals surface area (Å²) in [5, 5.41) is 12.6. The van der Waals surface area contributed by atoms with Crippen molar-refractivity contribution in [2.75, 3.05) is 5.75 Å². The Morgan fingerprint density at radius 2 is 2.16 bits per heavy atom. The first-order valence-electron chi connectivity index (χ1n) is 5.74. The van der Waals surface area contributed by atoms with E-state index in [1.165, 1.54) is 11.8 Å². The highest BCUT2D eigenvalue weighted by Gasteiger charge is 2.12. The molecule has 0 spiro atoms. The molecule has 0 amide bonds. The van der Waals surface area contributed by atoms with Gasteiger partial charge in [0.2, 0.25) is 0 Å². The van der Waals surface area contributed by atoms with Crippen LogP contribution < -0.4 is 5.73 Å². The molecular weight excluding hydrogens is 264 g/mol. The highest BCUT2D eigenvalue weighted by molar-refractivity contribution is 7.98. The lowest BCUT2D eigenvalue weighted by molar-refractivity contribution is -0.137. The van der Waals surface area contributed by atoms with Crippen molar-refractivity contribution < 1.29 is 14.4 Å². The molecule has 1 aromatic heterocycles. The fraction of sp³-hybridized carbons (Fsp3) is 0.231. The third-order valence-electron chi connectivity index (χ3n) is 2.48. The summed E-state index contributed by atoms with van der Waals surface area (Å²) in [6.07, 6.45) is 0. The number of nitrogens with zero attached hydrogens (tertiary/aromatic N) is 1. The van der Waals surface area contributed by atoms with Crippen molar-refractivity contribution in [1.82, 2.24) is 5.16 Å². The summed E-state index contributed by atoms with van der Waals surface area (Å²) in [5.74, 6) is 0.650. The highest BCUT2D eigenvalue weighted by atomic mass is 32.2. The Hall–Kier alpha value is -1.79. The Balaban J connectivity index is 1.90. The number of carboxylic acid groups (broad SMARTS) is 1. The van der Waals surface area contributed by atoms with Crippen LogP contribution in [0.1, 0.15) is 5.69 Å². The number of thioether (sulfide) groups is 1. The molecule has 0 aliphatic carbocycles. The first-order chi connectivity index (χ1) is 9.16. The van der Waals surface area contributed by atoms with E-state index >= 15 is 0 Å². The van der Waals surface area contributed by atoms with Crippen LogP contribution in [0.4, 0.5) is 0 Å². The van der Waals surface area contributed by atoms with E-state index in [1.54, 1.807) is 0 Å². The Morgan fingerprint density at radius 3 is 2.84 bits per heavy atom. The lowest BCUT2D eigenvalue weighted by atomic mass is 10.2. The second-order valence-corrected chi connectivity index (χ2v) is 5.04. The van der Waals surface area contributed by atoms with Gasteiger partial charge in [0.05, 0.1) is 5.69 Å². The molecule has 6 heteroatoms. The number of aliphatic carboxylic acids is 1. The maximum Gasteiger partial charge on any atom is 0.321 e.